The van der Waals surface area contributed by atoms with Crippen LogP contribution in [0.15, 0.2) is 24.3 Å². The number of carbonyl (C=O) groups excluding carboxylic acids is 5. The van der Waals surface area contributed by atoms with E-state index in [4.69, 9.17) is 9.57 Å². The van der Waals surface area contributed by atoms with E-state index >= 15 is 0 Å². The first-order chi connectivity index (χ1) is 12.6. The zero-order valence-electron chi connectivity index (χ0n) is 15.0. The van der Waals surface area contributed by atoms with Crippen molar-refractivity contribution in [1.82, 2.24) is 15.7 Å². The quantitative estimate of drug-likeness (QED) is 0.709. The van der Waals surface area contributed by atoms with Gasteiger partial charge in [-0.3, -0.25) is 14.4 Å². The first kappa shape index (κ1) is 19.9. The highest BCUT2D eigenvalue weighted by Crippen LogP contribution is 2.22. The zero-order chi connectivity index (χ0) is 20.2. The molecule has 0 fully saturated rings. The van der Waals surface area contributed by atoms with Gasteiger partial charge in [0.15, 0.2) is 0 Å². The molecule has 2 N–H and O–H groups in total. The van der Waals surface area contributed by atoms with Crippen LogP contribution in [0.5, 0.6) is 0 Å². The monoisotopic (exact) mass is 377 g/mol. The number of ether oxygens (including phenoxy) is 1. The van der Waals surface area contributed by atoms with Crippen LogP contribution in [0.4, 0.5) is 4.79 Å². The number of nitrogens with one attached hydrogen (secondary N) is 2. The van der Waals surface area contributed by atoms with Crippen molar-refractivity contribution in [3.05, 3.63) is 35.4 Å². The van der Waals surface area contributed by atoms with Gasteiger partial charge in [0.25, 0.3) is 11.8 Å². The smallest absolute Gasteiger partial charge is 0.408 e. The molecule has 0 radical (unpaired) electrons. The van der Waals surface area contributed by atoms with Crippen LogP contribution in [0.25, 0.3) is 0 Å². The summed E-state index contributed by atoms with van der Waals surface area (Å²) in [6, 6.07) is 6.03. The van der Waals surface area contributed by atoms with Gasteiger partial charge in [0.05, 0.1) is 11.1 Å². The fourth-order valence-electron chi connectivity index (χ4n) is 2.08. The lowest BCUT2D eigenvalue weighted by Crippen LogP contribution is -2.42. The van der Waals surface area contributed by atoms with E-state index in [1.165, 1.54) is 12.1 Å². The van der Waals surface area contributed by atoms with Gasteiger partial charge in [-0.15, -0.1) is 0 Å². The molecule has 0 bridgehead atoms. The Kier molecular flexibility index (Phi) is 5.78. The second kappa shape index (κ2) is 7.85. The topological polar surface area (TPSA) is 131 Å². The van der Waals surface area contributed by atoms with E-state index < -0.39 is 48.5 Å². The van der Waals surface area contributed by atoms with Gasteiger partial charge < -0.3 is 20.2 Å². The number of hydroxylamine groups is 2. The Balaban J connectivity index is 1.77. The number of fused-ring (bicyclic) bond motifs is 1. The number of hydrogen-bond acceptors (Lipinski definition) is 7. The number of hydrogen-bond donors (Lipinski definition) is 2. The number of alkyl carbamates (subject to hydrolysis) is 1. The van der Waals surface area contributed by atoms with E-state index in [2.05, 4.69) is 10.6 Å². The third-order valence-corrected chi connectivity index (χ3v) is 3.17. The molecular weight excluding hydrogens is 358 g/mol. The zero-order valence-corrected chi connectivity index (χ0v) is 15.0. The average Bonchev–Trinajstić information content (AvgIpc) is 2.82. The third-order valence-electron chi connectivity index (χ3n) is 3.17. The number of benzene rings is 1. The minimum Gasteiger partial charge on any atom is -0.444 e. The molecule has 1 aliphatic heterocycles. The lowest BCUT2D eigenvalue weighted by Gasteiger charge is -2.19. The van der Waals surface area contributed by atoms with Crippen molar-refractivity contribution in [2.45, 2.75) is 26.4 Å². The second-order valence-corrected chi connectivity index (χ2v) is 6.55. The molecule has 2 rings (SSSR count). The summed E-state index contributed by atoms with van der Waals surface area (Å²) in [6.45, 7) is 3.99. The van der Waals surface area contributed by atoms with Crippen LogP contribution in [-0.2, 0) is 19.2 Å². The fraction of sp³-hybridized carbons (Fsp3) is 0.353. The molecule has 4 amide bonds. The van der Waals surface area contributed by atoms with Crippen LogP contribution in [0.2, 0.25) is 0 Å². The summed E-state index contributed by atoms with van der Waals surface area (Å²) < 4.78 is 4.95. The molecule has 0 unspecified atom stereocenters. The fourth-order valence-corrected chi connectivity index (χ4v) is 2.08. The van der Waals surface area contributed by atoms with Gasteiger partial charge in [-0.2, -0.15) is 0 Å². The number of rotatable bonds is 5. The molecule has 0 aliphatic carbocycles. The van der Waals surface area contributed by atoms with Crippen LogP contribution < -0.4 is 10.6 Å². The van der Waals surface area contributed by atoms with Crippen molar-refractivity contribution < 1.29 is 33.5 Å². The summed E-state index contributed by atoms with van der Waals surface area (Å²) in [6.07, 6.45) is -0.786. The molecule has 0 aromatic heterocycles. The van der Waals surface area contributed by atoms with Crippen LogP contribution in [0.1, 0.15) is 41.5 Å². The van der Waals surface area contributed by atoms with Crippen molar-refractivity contribution in [3.8, 4) is 0 Å². The Hall–Kier alpha value is -3.43. The third kappa shape index (κ3) is 5.27. The summed E-state index contributed by atoms with van der Waals surface area (Å²) in [5.74, 6) is -3.22. The van der Waals surface area contributed by atoms with E-state index in [0.29, 0.717) is 5.06 Å². The molecule has 144 valence electrons. The van der Waals surface area contributed by atoms with Crippen molar-refractivity contribution in [2.24, 2.45) is 0 Å². The van der Waals surface area contributed by atoms with E-state index in [1.807, 2.05) is 0 Å². The van der Waals surface area contributed by atoms with Crippen LogP contribution in [0.3, 0.4) is 0 Å². The van der Waals surface area contributed by atoms with Crippen molar-refractivity contribution in [2.75, 3.05) is 13.1 Å². The van der Waals surface area contributed by atoms with Crippen LogP contribution in [0, 0.1) is 0 Å². The van der Waals surface area contributed by atoms with Gasteiger partial charge in [0.1, 0.15) is 18.7 Å². The molecule has 0 saturated carbocycles. The maximum atomic E-state index is 12.1. The minimum absolute atomic E-state index is 0.126. The molecule has 0 spiro atoms. The Bertz CT molecular complexity index is 763. The summed E-state index contributed by atoms with van der Waals surface area (Å²) in [7, 11) is 0. The van der Waals surface area contributed by atoms with Crippen molar-refractivity contribution in [1.29, 1.82) is 0 Å². The lowest BCUT2D eigenvalue weighted by molar-refractivity contribution is -0.167. The number of nitrogens with zero attached hydrogens (tertiary/aromatic N) is 1. The predicted octanol–water partition coefficient (Wildman–Crippen LogP) is 0.382. The van der Waals surface area contributed by atoms with Gasteiger partial charge in [-0.05, 0) is 32.9 Å². The highest BCUT2D eigenvalue weighted by molar-refractivity contribution is 6.20. The van der Waals surface area contributed by atoms with E-state index in [9.17, 15) is 24.0 Å². The van der Waals surface area contributed by atoms with Gasteiger partial charge in [-0.25, -0.2) is 9.59 Å². The maximum absolute atomic E-state index is 12.1. The minimum atomic E-state index is -1.02. The maximum Gasteiger partial charge on any atom is 0.408 e. The standard InChI is InChI=1S/C17H19N3O7/c1-17(2,3)26-16(25)19-8-12(21)18-9-13(22)27-20-14(23)10-6-4-5-7-11(10)15(20)24/h4-7H,8-9H2,1-3H3,(H,18,21)(H,19,25). The second-order valence-electron chi connectivity index (χ2n) is 6.55. The first-order valence-corrected chi connectivity index (χ1v) is 8.00. The SMILES string of the molecule is CC(C)(C)OC(=O)NCC(=O)NCC(=O)ON1C(=O)c2ccccc2C1=O. The van der Waals surface area contributed by atoms with Crippen LogP contribution in [-0.4, -0.2) is 53.5 Å². The molecular formula is C17H19N3O7. The highest BCUT2D eigenvalue weighted by atomic mass is 16.7. The van der Waals surface area contributed by atoms with Crippen molar-refractivity contribution >= 4 is 29.8 Å². The largest absolute Gasteiger partial charge is 0.444 e. The van der Waals surface area contributed by atoms with Gasteiger partial charge >= 0.3 is 12.1 Å². The van der Waals surface area contributed by atoms with Gasteiger partial charge in [0, 0.05) is 0 Å². The molecule has 1 aliphatic rings. The first-order valence-electron chi connectivity index (χ1n) is 8.00. The average molecular weight is 377 g/mol. The lowest BCUT2D eigenvalue weighted by atomic mass is 10.1. The van der Waals surface area contributed by atoms with Gasteiger partial charge in [-0.1, -0.05) is 17.2 Å². The van der Waals surface area contributed by atoms with Crippen molar-refractivity contribution in [3.63, 3.8) is 0 Å². The van der Waals surface area contributed by atoms with Crippen LogP contribution >= 0.6 is 0 Å². The Labute approximate surface area is 154 Å². The number of amides is 4. The number of carbonyl (C=O) groups is 5. The Morgan fingerprint density at radius 3 is 2.04 bits per heavy atom. The molecule has 1 aromatic carbocycles. The van der Waals surface area contributed by atoms with E-state index in [1.54, 1.807) is 32.9 Å². The molecule has 0 atom stereocenters. The summed E-state index contributed by atoms with van der Waals surface area (Å²) in [5, 5.41) is 4.76. The predicted molar refractivity (Wildman–Crippen MR) is 90.3 cm³/mol. The van der Waals surface area contributed by atoms with Gasteiger partial charge in [0.2, 0.25) is 5.91 Å². The summed E-state index contributed by atoms with van der Waals surface area (Å²) in [4.78, 5) is 63.7. The Morgan fingerprint density at radius 1 is 0.963 bits per heavy atom. The molecule has 27 heavy (non-hydrogen) atoms. The molecule has 1 aromatic rings. The van der Waals surface area contributed by atoms with E-state index in [-0.39, 0.29) is 11.1 Å². The molecule has 10 heteroatoms. The normalized spacial score (nSPS) is 13.1. The summed E-state index contributed by atoms with van der Waals surface area (Å²) in [5.41, 5.74) is -0.460. The number of imide groups is 1. The molecule has 10 nitrogen and oxygen atoms in total. The van der Waals surface area contributed by atoms with E-state index in [0.717, 1.165) is 0 Å². The Morgan fingerprint density at radius 2 is 1.52 bits per heavy atom. The molecule has 0 saturated heterocycles. The summed E-state index contributed by atoms with van der Waals surface area (Å²) >= 11 is 0. The highest BCUT2D eigenvalue weighted by Gasteiger charge is 2.38. The molecule has 1 heterocycles.